The number of rotatable bonds is 7. The van der Waals surface area contributed by atoms with Gasteiger partial charge in [-0.05, 0) is 30.3 Å². The fraction of sp³-hybridized carbons (Fsp3) is 0.105. The van der Waals surface area contributed by atoms with Crippen LogP contribution in [0.2, 0.25) is 5.02 Å². The summed E-state index contributed by atoms with van der Waals surface area (Å²) in [5.74, 6) is -0.343. The van der Waals surface area contributed by atoms with E-state index >= 15 is 0 Å². The quantitative estimate of drug-likeness (QED) is 0.385. The molecule has 0 aliphatic heterocycles. The molecular formula is C19H18ClN3O4. The van der Waals surface area contributed by atoms with Crippen molar-refractivity contribution in [1.82, 2.24) is 10.7 Å². The molecule has 0 saturated heterocycles. The van der Waals surface area contributed by atoms with Crippen molar-refractivity contribution in [1.29, 1.82) is 0 Å². The lowest BCUT2D eigenvalue weighted by Gasteiger charge is -2.04. The van der Waals surface area contributed by atoms with Crippen LogP contribution in [0.4, 0.5) is 0 Å². The van der Waals surface area contributed by atoms with Crippen LogP contribution in [0.1, 0.15) is 11.1 Å². The van der Waals surface area contributed by atoms with E-state index in [1.165, 1.54) is 30.5 Å². The van der Waals surface area contributed by atoms with Crippen LogP contribution in [-0.2, 0) is 9.59 Å². The van der Waals surface area contributed by atoms with E-state index in [1.807, 2.05) is 12.1 Å². The molecule has 0 aliphatic carbocycles. The first-order chi connectivity index (χ1) is 13.0. The van der Waals surface area contributed by atoms with E-state index in [9.17, 15) is 14.7 Å². The Balaban J connectivity index is 1.81. The number of hydrogen-bond donors (Lipinski definition) is 3. The molecule has 7 nitrogen and oxygen atoms in total. The average molecular weight is 388 g/mol. The highest BCUT2D eigenvalue weighted by molar-refractivity contribution is 6.30. The van der Waals surface area contributed by atoms with E-state index in [2.05, 4.69) is 15.8 Å². The first-order valence-corrected chi connectivity index (χ1v) is 8.26. The van der Waals surface area contributed by atoms with E-state index in [1.54, 1.807) is 25.3 Å². The zero-order chi connectivity index (χ0) is 19.6. The Hall–Kier alpha value is -3.32. The number of para-hydroxylation sites is 1. The lowest BCUT2D eigenvalue weighted by atomic mass is 10.2. The molecule has 0 radical (unpaired) electrons. The topological polar surface area (TPSA) is 100 Å². The summed E-state index contributed by atoms with van der Waals surface area (Å²) in [6.07, 6.45) is 4.15. The van der Waals surface area contributed by atoms with Crippen LogP contribution in [0.5, 0.6) is 11.5 Å². The van der Waals surface area contributed by atoms with Gasteiger partial charge in [0.2, 0.25) is 5.91 Å². The lowest BCUT2D eigenvalue weighted by molar-refractivity contribution is -0.123. The van der Waals surface area contributed by atoms with Crippen LogP contribution in [-0.4, -0.2) is 36.8 Å². The van der Waals surface area contributed by atoms with Crippen molar-refractivity contribution in [2.75, 3.05) is 13.7 Å². The minimum atomic E-state index is -0.521. The van der Waals surface area contributed by atoms with Gasteiger partial charge in [0, 0.05) is 22.2 Å². The minimum Gasteiger partial charge on any atom is -0.507 e. The minimum absolute atomic E-state index is 0.0211. The first-order valence-electron chi connectivity index (χ1n) is 7.89. The summed E-state index contributed by atoms with van der Waals surface area (Å²) in [5.41, 5.74) is 3.34. The molecule has 0 bridgehead atoms. The molecule has 2 rings (SSSR count). The van der Waals surface area contributed by atoms with Gasteiger partial charge in [0.05, 0.1) is 19.9 Å². The highest BCUT2D eigenvalue weighted by atomic mass is 35.5. The Bertz CT molecular complexity index is 881. The van der Waals surface area contributed by atoms with Gasteiger partial charge >= 0.3 is 0 Å². The zero-order valence-corrected chi connectivity index (χ0v) is 15.2. The molecule has 0 fully saturated rings. The second-order valence-corrected chi connectivity index (χ2v) is 5.73. The van der Waals surface area contributed by atoms with Crippen molar-refractivity contribution in [3.8, 4) is 11.5 Å². The predicted molar refractivity (Wildman–Crippen MR) is 104 cm³/mol. The largest absolute Gasteiger partial charge is 0.507 e. The highest BCUT2D eigenvalue weighted by Gasteiger charge is 2.04. The number of methoxy groups -OCH3 is 1. The van der Waals surface area contributed by atoms with Crippen LogP contribution < -0.4 is 15.5 Å². The lowest BCUT2D eigenvalue weighted by Crippen LogP contribution is -2.34. The first kappa shape index (κ1) is 20.0. The third kappa shape index (κ3) is 6.48. The van der Waals surface area contributed by atoms with Crippen molar-refractivity contribution in [3.63, 3.8) is 0 Å². The molecule has 8 heteroatoms. The molecule has 0 atom stereocenters. The maximum atomic E-state index is 11.8. The number of ether oxygens (including phenoxy) is 1. The Morgan fingerprint density at radius 3 is 2.78 bits per heavy atom. The summed E-state index contributed by atoms with van der Waals surface area (Å²) < 4.78 is 5.18. The summed E-state index contributed by atoms with van der Waals surface area (Å²) in [7, 11) is 1.54. The van der Waals surface area contributed by atoms with Crippen molar-refractivity contribution in [2.45, 2.75) is 0 Å². The molecule has 27 heavy (non-hydrogen) atoms. The van der Waals surface area contributed by atoms with Gasteiger partial charge in [-0.3, -0.25) is 9.59 Å². The Labute approximate surface area is 161 Å². The maximum Gasteiger partial charge on any atom is 0.259 e. The molecule has 0 unspecified atom stereocenters. The number of amides is 2. The molecule has 140 valence electrons. The molecular weight excluding hydrogens is 370 g/mol. The van der Waals surface area contributed by atoms with E-state index in [4.69, 9.17) is 16.3 Å². The Morgan fingerprint density at radius 2 is 2.00 bits per heavy atom. The fourth-order valence-corrected chi connectivity index (χ4v) is 2.22. The summed E-state index contributed by atoms with van der Waals surface area (Å²) >= 11 is 5.81. The number of aromatic hydroxyl groups is 1. The molecule has 2 aromatic rings. The van der Waals surface area contributed by atoms with Crippen LogP contribution in [0.15, 0.2) is 53.6 Å². The number of carbonyl (C=O) groups is 2. The predicted octanol–water partition coefficient (Wildman–Crippen LogP) is 2.33. The van der Waals surface area contributed by atoms with Gasteiger partial charge in [0.1, 0.15) is 11.5 Å². The molecule has 2 amide bonds. The molecule has 3 N–H and O–H groups in total. The Kier molecular flexibility index (Phi) is 7.39. The van der Waals surface area contributed by atoms with Gasteiger partial charge in [0.15, 0.2) is 0 Å². The summed E-state index contributed by atoms with van der Waals surface area (Å²) in [6, 6.07) is 11.7. The van der Waals surface area contributed by atoms with Crippen molar-refractivity contribution >= 4 is 35.7 Å². The molecule has 0 spiro atoms. The van der Waals surface area contributed by atoms with Crippen molar-refractivity contribution in [2.24, 2.45) is 5.10 Å². The fourth-order valence-electron chi connectivity index (χ4n) is 2.04. The zero-order valence-electron chi connectivity index (χ0n) is 14.5. The van der Waals surface area contributed by atoms with Crippen LogP contribution in [0.25, 0.3) is 6.08 Å². The second kappa shape index (κ2) is 9.98. The van der Waals surface area contributed by atoms with Crippen LogP contribution >= 0.6 is 11.6 Å². The van der Waals surface area contributed by atoms with Crippen LogP contribution in [0, 0.1) is 0 Å². The molecule has 0 aliphatic rings. The number of phenols is 1. The van der Waals surface area contributed by atoms with E-state index in [0.717, 1.165) is 5.56 Å². The number of carbonyl (C=O) groups excluding carboxylic acids is 2. The third-order valence-corrected chi connectivity index (χ3v) is 3.59. The third-order valence-electron chi connectivity index (χ3n) is 3.36. The standard InChI is InChI=1S/C19H18ClN3O4/c1-27-17-5-3-2-4-13(17)6-9-18(25)21-12-19(26)23-22-11-14-10-15(20)7-8-16(14)24/h2-11,24H,12H2,1H3,(H,21,25)(H,23,26)/b9-6-,22-11?. The van der Waals surface area contributed by atoms with Crippen molar-refractivity contribution in [3.05, 3.63) is 64.7 Å². The number of halogens is 1. The maximum absolute atomic E-state index is 11.8. The number of hydrogen-bond acceptors (Lipinski definition) is 5. The molecule has 0 saturated carbocycles. The van der Waals surface area contributed by atoms with Gasteiger partial charge in [-0.1, -0.05) is 29.8 Å². The molecule has 2 aromatic carbocycles. The normalized spacial score (nSPS) is 10.9. The summed E-state index contributed by atoms with van der Waals surface area (Å²) in [5, 5.41) is 16.2. The Morgan fingerprint density at radius 1 is 1.22 bits per heavy atom. The summed E-state index contributed by atoms with van der Waals surface area (Å²) in [6.45, 7) is -0.256. The monoisotopic (exact) mass is 387 g/mol. The number of nitrogens with one attached hydrogen (secondary N) is 2. The number of phenolic OH excluding ortho intramolecular Hbond substituents is 1. The second-order valence-electron chi connectivity index (χ2n) is 5.29. The number of hydrazone groups is 1. The van der Waals surface area contributed by atoms with Gasteiger partial charge in [-0.25, -0.2) is 5.43 Å². The van der Waals surface area contributed by atoms with E-state index in [-0.39, 0.29) is 12.3 Å². The van der Waals surface area contributed by atoms with Gasteiger partial charge in [0.25, 0.3) is 5.91 Å². The van der Waals surface area contributed by atoms with Crippen molar-refractivity contribution < 1.29 is 19.4 Å². The number of benzene rings is 2. The SMILES string of the molecule is COc1ccccc1/C=C\C(=O)NCC(=O)NN=Cc1cc(Cl)ccc1O. The molecule has 0 heterocycles. The van der Waals surface area contributed by atoms with Gasteiger partial charge < -0.3 is 15.2 Å². The van der Waals surface area contributed by atoms with E-state index in [0.29, 0.717) is 16.3 Å². The van der Waals surface area contributed by atoms with Gasteiger partial charge in [-0.15, -0.1) is 0 Å². The highest BCUT2D eigenvalue weighted by Crippen LogP contribution is 2.19. The smallest absolute Gasteiger partial charge is 0.259 e. The van der Waals surface area contributed by atoms with Gasteiger partial charge in [-0.2, -0.15) is 5.10 Å². The molecule has 0 aromatic heterocycles. The number of nitrogens with zero attached hydrogens (tertiary/aromatic N) is 1. The summed E-state index contributed by atoms with van der Waals surface area (Å²) in [4.78, 5) is 23.5. The van der Waals surface area contributed by atoms with E-state index < -0.39 is 11.8 Å². The van der Waals surface area contributed by atoms with Crippen LogP contribution in [0.3, 0.4) is 0 Å². The average Bonchev–Trinajstić information content (AvgIpc) is 2.67.